The lowest BCUT2D eigenvalue weighted by Gasteiger charge is -2.08. The lowest BCUT2D eigenvalue weighted by Crippen LogP contribution is -2.07. The van der Waals surface area contributed by atoms with E-state index in [2.05, 4.69) is 0 Å². The number of hydrogen-bond acceptors (Lipinski definition) is 4. The summed E-state index contributed by atoms with van der Waals surface area (Å²) in [7, 11) is 3.14. The van der Waals surface area contributed by atoms with Crippen molar-refractivity contribution in [2.24, 2.45) is 0 Å². The number of fused-ring (bicyclic) bond motifs is 1. The number of hydrogen-bond donors (Lipinski definition) is 1. The maximum atomic E-state index is 13.0. The molecule has 2 heterocycles. The molecular formula is C19H20Cl2N2O3. The molecule has 138 valence electrons. The highest BCUT2D eigenvalue weighted by molar-refractivity contribution is 6.40. The average Bonchev–Trinajstić information content (AvgIpc) is 2.93. The highest BCUT2D eigenvalue weighted by atomic mass is 35.5. The predicted octanol–water partition coefficient (Wildman–Crippen LogP) is 4.50. The second-order valence-corrected chi connectivity index (χ2v) is 6.16. The van der Waals surface area contributed by atoms with Gasteiger partial charge in [-0.05, 0) is 37.3 Å². The van der Waals surface area contributed by atoms with Crippen molar-refractivity contribution in [3.8, 4) is 11.5 Å². The summed E-state index contributed by atoms with van der Waals surface area (Å²) in [6.45, 7) is 1.88. The normalized spacial score (nSPS) is 10.2. The molecule has 0 aliphatic rings. The number of ether oxygens (including phenoxy) is 2. The zero-order chi connectivity index (χ0) is 19.3. The summed E-state index contributed by atoms with van der Waals surface area (Å²) in [5.41, 5.74) is 9.08. The van der Waals surface area contributed by atoms with Gasteiger partial charge in [-0.15, -0.1) is 23.2 Å². The van der Waals surface area contributed by atoms with Gasteiger partial charge in [-0.3, -0.25) is 4.79 Å². The SMILES string of the molecule is COc1cc(C(=O)c2c(C)c(OC)c3ccccn23)ccc1N.ClCCl. The van der Waals surface area contributed by atoms with Crippen molar-refractivity contribution in [2.45, 2.75) is 6.92 Å². The Morgan fingerprint density at radius 1 is 1.15 bits per heavy atom. The fourth-order valence-corrected chi connectivity index (χ4v) is 2.83. The van der Waals surface area contributed by atoms with Crippen LogP contribution in [-0.4, -0.2) is 29.7 Å². The Kier molecular flexibility index (Phi) is 6.77. The van der Waals surface area contributed by atoms with Crippen molar-refractivity contribution in [3.05, 3.63) is 59.4 Å². The maximum absolute atomic E-state index is 13.0. The summed E-state index contributed by atoms with van der Waals surface area (Å²) in [6, 6.07) is 10.8. The molecule has 5 nitrogen and oxygen atoms in total. The van der Waals surface area contributed by atoms with Gasteiger partial charge < -0.3 is 19.6 Å². The largest absolute Gasteiger partial charge is 0.495 e. The summed E-state index contributed by atoms with van der Waals surface area (Å²) in [4.78, 5) is 13.0. The number of anilines is 1. The van der Waals surface area contributed by atoms with Crippen LogP contribution in [0.2, 0.25) is 0 Å². The molecule has 2 aromatic heterocycles. The second-order valence-electron chi connectivity index (χ2n) is 5.35. The van der Waals surface area contributed by atoms with Crippen LogP contribution in [0.25, 0.3) is 5.52 Å². The number of nitrogens with two attached hydrogens (primary N) is 1. The van der Waals surface area contributed by atoms with Gasteiger partial charge in [0.25, 0.3) is 0 Å². The molecule has 0 fully saturated rings. The summed E-state index contributed by atoms with van der Waals surface area (Å²) < 4.78 is 12.5. The fourth-order valence-electron chi connectivity index (χ4n) is 2.83. The number of ketones is 1. The topological polar surface area (TPSA) is 66.0 Å². The van der Waals surface area contributed by atoms with Gasteiger partial charge in [0.1, 0.15) is 17.2 Å². The molecule has 0 bridgehead atoms. The summed E-state index contributed by atoms with van der Waals surface area (Å²) in [6.07, 6.45) is 1.85. The van der Waals surface area contributed by atoms with Crippen molar-refractivity contribution >= 4 is 40.2 Å². The summed E-state index contributed by atoms with van der Waals surface area (Å²) in [5, 5.41) is 0.194. The standard InChI is InChI=1S/C18H18N2O3.CH2Cl2/c1-11-16(20-9-5-4-6-14(20)18(11)23-3)17(21)12-7-8-13(19)15(10-12)22-2;2-1-3/h4-10H,19H2,1-3H3;1H2. The van der Waals surface area contributed by atoms with Crippen LogP contribution < -0.4 is 15.2 Å². The first-order chi connectivity index (χ1) is 12.5. The number of aromatic nitrogens is 1. The zero-order valence-electron chi connectivity index (χ0n) is 14.8. The van der Waals surface area contributed by atoms with Crippen LogP contribution in [-0.2, 0) is 0 Å². The summed E-state index contributed by atoms with van der Waals surface area (Å²) in [5.74, 6) is 1.09. The van der Waals surface area contributed by atoms with Gasteiger partial charge in [-0.2, -0.15) is 0 Å². The molecular weight excluding hydrogens is 375 g/mol. The number of alkyl halides is 2. The molecule has 1 aromatic carbocycles. The monoisotopic (exact) mass is 394 g/mol. The van der Waals surface area contributed by atoms with Gasteiger partial charge in [0.2, 0.25) is 5.78 Å². The first-order valence-corrected chi connectivity index (χ1v) is 8.80. The zero-order valence-corrected chi connectivity index (χ0v) is 16.3. The van der Waals surface area contributed by atoms with Crippen LogP contribution in [0.4, 0.5) is 5.69 Å². The number of nitrogens with zero attached hydrogens (tertiary/aromatic N) is 1. The molecule has 3 aromatic rings. The third-order valence-corrected chi connectivity index (χ3v) is 3.94. The van der Waals surface area contributed by atoms with Crippen molar-refractivity contribution < 1.29 is 14.3 Å². The van der Waals surface area contributed by atoms with E-state index in [1.807, 2.05) is 35.7 Å². The van der Waals surface area contributed by atoms with Gasteiger partial charge in [0, 0.05) is 17.3 Å². The molecule has 0 saturated carbocycles. The number of nitrogen functional groups attached to an aromatic ring is 1. The molecule has 0 amide bonds. The predicted molar refractivity (Wildman–Crippen MR) is 106 cm³/mol. The molecule has 3 rings (SSSR count). The van der Waals surface area contributed by atoms with E-state index in [9.17, 15) is 4.79 Å². The van der Waals surface area contributed by atoms with E-state index in [0.717, 1.165) is 11.1 Å². The molecule has 0 aliphatic heterocycles. The van der Waals surface area contributed by atoms with Crippen LogP contribution in [0.15, 0.2) is 42.6 Å². The third-order valence-electron chi connectivity index (χ3n) is 3.94. The molecule has 26 heavy (non-hydrogen) atoms. The van der Waals surface area contributed by atoms with Crippen LogP contribution in [0.1, 0.15) is 21.6 Å². The average molecular weight is 395 g/mol. The van der Waals surface area contributed by atoms with E-state index in [1.165, 1.54) is 7.11 Å². The Morgan fingerprint density at radius 3 is 2.46 bits per heavy atom. The lowest BCUT2D eigenvalue weighted by atomic mass is 10.0. The van der Waals surface area contributed by atoms with E-state index >= 15 is 0 Å². The number of rotatable bonds is 4. The minimum absolute atomic E-state index is 0.106. The van der Waals surface area contributed by atoms with Gasteiger partial charge in [0.15, 0.2) is 0 Å². The Balaban J connectivity index is 0.000000758. The van der Waals surface area contributed by atoms with Gasteiger partial charge in [-0.1, -0.05) is 6.07 Å². The van der Waals surface area contributed by atoms with Crippen molar-refractivity contribution in [2.75, 3.05) is 25.3 Å². The molecule has 2 N–H and O–H groups in total. The molecule has 0 radical (unpaired) electrons. The number of carbonyl (C=O) groups is 1. The number of methoxy groups -OCH3 is 2. The van der Waals surface area contributed by atoms with Crippen LogP contribution in [0, 0.1) is 6.92 Å². The number of benzene rings is 1. The minimum atomic E-state index is -0.106. The second kappa shape index (κ2) is 8.83. The number of halogens is 2. The molecule has 0 saturated heterocycles. The van der Waals surface area contributed by atoms with Crippen LogP contribution in [0.5, 0.6) is 11.5 Å². The quantitative estimate of drug-likeness (QED) is 0.401. The Morgan fingerprint density at radius 2 is 1.85 bits per heavy atom. The van der Waals surface area contributed by atoms with E-state index in [4.69, 9.17) is 38.4 Å². The van der Waals surface area contributed by atoms with Crippen molar-refractivity contribution in [1.82, 2.24) is 4.40 Å². The van der Waals surface area contributed by atoms with E-state index in [-0.39, 0.29) is 11.1 Å². The minimum Gasteiger partial charge on any atom is -0.495 e. The smallest absolute Gasteiger partial charge is 0.210 e. The van der Waals surface area contributed by atoms with Crippen LogP contribution >= 0.6 is 23.2 Å². The molecule has 0 spiro atoms. The number of carbonyl (C=O) groups excluding carboxylic acids is 1. The first-order valence-electron chi connectivity index (χ1n) is 7.73. The van der Waals surface area contributed by atoms with E-state index in [0.29, 0.717) is 28.4 Å². The highest BCUT2D eigenvalue weighted by Crippen LogP contribution is 2.32. The highest BCUT2D eigenvalue weighted by Gasteiger charge is 2.22. The molecule has 7 heteroatoms. The first kappa shape index (κ1) is 19.9. The Bertz CT molecular complexity index is 923. The fraction of sp³-hybridized carbons (Fsp3) is 0.211. The number of pyridine rings is 1. The summed E-state index contributed by atoms with van der Waals surface area (Å²) >= 11 is 9.53. The van der Waals surface area contributed by atoms with Crippen LogP contribution in [0.3, 0.4) is 0 Å². The van der Waals surface area contributed by atoms with E-state index < -0.39 is 0 Å². The van der Waals surface area contributed by atoms with Gasteiger partial charge >= 0.3 is 0 Å². The van der Waals surface area contributed by atoms with E-state index in [1.54, 1.807) is 25.3 Å². The van der Waals surface area contributed by atoms with Gasteiger partial charge in [0.05, 0.1) is 30.8 Å². The lowest BCUT2D eigenvalue weighted by molar-refractivity contribution is 0.103. The molecule has 0 atom stereocenters. The van der Waals surface area contributed by atoms with Crippen molar-refractivity contribution in [1.29, 1.82) is 0 Å². The molecule has 0 aliphatic carbocycles. The third kappa shape index (κ3) is 3.74. The maximum Gasteiger partial charge on any atom is 0.210 e. The Labute approximate surface area is 162 Å². The molecule has 0 unspecified atom stereocenters. The Hall–Kier alpha value is -2.37. The van der Waals surface area contributed by atoms with Gasteiger partial charge in [-0.25, -0.2) is 0 Å². The van der Waals surface area contributed by atoms with Crippen molar-refractivity contribution in [3.63, 3.8) is 0 Å².